The fourth-order valence-electron chi connectivity index (χ4n) is 1.95. The molecule has 0 aliphatic heterocycles. The first-order valence-electron chi connectivity index (χ1n) is 6.57. The van der Waals surface area contributed by atoms with Gasteiger partial charge in [-0.1, -0.05) is 18.2 Å². The molecule has 0 aliphatic rings. The van der Waals surface area contributed by atoms with Crippen molar-refractivity contribution in [2.45, 2.75) is 19.5 Å². The molecular formula is C15H17N3O3. The second-order valence-corrected chi connectivity index (χ2v) is 4.51. The normalized spacial score (nSPS) is 11.7. The minimum absolute atomic E-state index is 0.276. The Kier molecular flexibility index (Phi) is 4.71. The first-order chi connectivity index (χ1) is 10.1. The van der Waals surface area contributed by atoms with E-state index in [0.29, 0.717) is 12.3 Å². The Morgan fingerprint density at radius 1 is 1.33 bits per heavy atom. The third-order valence-electron chi connectivity index (χ3n) is 3.13. The second kappa shape index (κ2) is 6.69. The molecule has 1 N–H and O–H groups in total. The van der Waals surface area contributed by atoms with Crippen molar-refractivity contribution in [1.82, 2.24) is 15.1 Å². The molecule has 0 fully saturated rings. The molecule has 6 nitrogen and oxygen atoms in total. The highest BCUT2D eigenvalue weighted by molar-refractivity contribution is 5.79. The number of rotatable bonds is 5. The Labute approximate surface area is 122 Å². The minimum atomic E-state index is -0.673. The van der Waals surface area contributed by atoms with Crippen LogP contribution in [0.4, 0.5) is 0 Å². The van der Waals surface area contributed by atoms with Crippen LogP contribution in [0.15, 0.2) is 47.4 Å². The number of carbonyl (C=O) groups excluding carboxylic acids is 1. The number of amides is 1. The average molecular weight is 287 g/mol. The first kappa shape index (κ1) is 14.8. The lowest BCUT2D eigenvalue weighted by atomic mass is 10.2. The van der Waals surface area contributed by atoms with Crippen molar-refractivity contribution in [3.63, 3.8) is 0 Å². The van der Waals surface area contributed by atoms with E-state index in [4.69, 9.17) is 4.74 Å². The van der Waals surface area contributed by atoms with E-state index >= 15 is 0 Å². The minimum Gasteiger partial charge on any atom is -0.496 e. The van der Waals surface area contributed by atoms with Crippen molar-refractivity contribution in [3.05, 3.63) is 58.5 Å². The van der Waals surface area contributed by atoms with E-state index < -0.39 is 6.04 Å². The van der Waals surface area contributed by atoms with Crippen LogP contribution in [0.2, 0.25) is 0 Å². The van der Waals surface area contributed by atoms with Gasteiger partial charge in [0, 0.05) is 24.4 Å². The zero-order valence-corrected chi connectivity index (χ0v) is 11.9. The van der Waals surface area contributed by atoms with Crippen LogP contribution in [0, 0.1) is 0 Å². The summed E-state index contributed by atoms with van der Waals surface area (Å²) in [5.74, 6) is 0.433. The predicted molar refractivity (Wildman–Crippen MR) is 78.0 cm³/mol. The highest BCUT2D eigenvalue weighted by atomic mass is 16.5. The van der Waals surface area contributed by atoms with Gasteiger partial charge in [0.1, 0.15) is 11.8 Å². The SMILES string of the molecule is COc1ccccc1CNC(=O)C(C)n1ncccc1=O. The van der Waals surface area contributed by atoms with E-state index in [1.807, 2.05) is 24.3 Å². The molecular weight excluding hydrogens is 270 g/mol. The number of methoxy groups -OCH3 is 1. The number of benzene rings is 1. The molecule has 0 bridgehead atoms. The number of aromatic nitrogens is 2. The van der Waals surface area contributed by atoms with Crippen molar-refractivity contribution in [2.24, 2.45) is 0 Å². The van der Waals surface area contributed by atoms with Gasteiger partial charge in [0.05, 0.1) is 7.11 Å². The van der Waals surface area contributed by atoms with Crippen molar-refractivity contribution >= 4 is 5.91 Å². The van der Waals surface area contributed by atoms with Gasteiger partial charge in [-0.15, -0.1) is 0 Å². The highest BCUT2D eigenvalue weighted by Gasteiger charge is 2.16. The maximum atomic E-state index is 12.1. The molecule has 21 heavy (non-hydrogen) atoms. The number of para-hydroxylation sites is 1. The van der Waals surface area contributed by atoms with Crippen LogP contribution in [0.1, 0.15) is 18.5 Å². The van der Waals surface area contributed by atoms with Crippen molar-refractivity contribution in [3.8, 4) is 5.75 Å². The third kappa shape index (κ3) is 3.47. The summed E-state index contributed by atoms with van der Waals surface area (Å²) in [6, 6.07) is 9.67. The number of hydrogen-bond donors (Lipinski definition) is 1. The maximum Gasteiger partial charge on any atom is 0.267 e. The molecule has 6 heteroatoms. The summed E-state index contributed by atoms with van der Waals surface area (Å²) in [6.07, 6.45) is 1.48. The molecule has 1 aromatic heterocycles. The Morgan fingerprint density at radius 3 is 2.81 bits per heavy atom. The number of hydrogen-bond acceptors (Lipinski definition) is 4. The molecule has 1 unspecified atom stereocenters. The van der Waals surface area contributed by atoms with E-state index in [0.717, 1.165) is 10.2 Å². The van der Waals surface area contributed by atoms with Gasteiger partial charge in [-0.25, -0.2) is 4.68 Å². The molecule has 1 aromatic carbocycles. The summed E-state index contributed by atoms with van der Waals surface area (Å²) in [4.78, 5) is 23.8. The molecule has 1 atom stereocenters. The third-order valence-corrected chi connectivity index (χ3v) is 3.13. The summed E-state index contributed by atoms with van der Waals surface area (Å²) in [6.45, 7) is 1.96. The van der Waals surface area contributed by atoms with Gasteiger partial charge in [0.2, 0.25) is 5.91 Å². The number of nitrogens with one attached hydrogen (secondary N) is 1. The number of ether oxygens (including phenoxy) is 1. The van der Waals surface area contributed by atoms with E-state index in [1.54, 1.807) is 14.0 Å². The Hall–Kier alpha value is -2.63. The molecule has 0 saturated carbocycles. The van der Waals surface area contributed by atoms with Gasteiger partial charge in [-0.3, -0.25) is 9.59 Å². The monoisotopic (exact) mass is 287 g/mol. The van der Waals surface area contributed by atoms with E-state index in [-0.39, 0.29) is 11.5 Å². The largest absolute Gasteiger partial charge is 0.496 e. The van der Waals surface area contributed by atoms with Gasteiger partial charge < -0.3 is 10.1 Å². The average Bonchev–Trinajstić information content (AvgIpc) is 2.52. The summed E-state index contributed by atoms with van der Waals surface area (Å²) in [7, 11) is 1.58. The van der Waals surface area contributed by atoms with E-state index in [9.17, 15) is 9.59 Å². The second-order valence-electron chi connectivity index (χ2n) is 4.51. The van der Waals surface area contributed by atoms with Gasteiger partial charge in [-0.2, -0.15) is 5.10 Å². The standard InChI is InChI=1S/C15H17N3O3/c1-11(18-14(19)8-5-9-17-18)15(20)16-10-12-6-3-4-7-13(12)21-2/h3-9,11H,10H2,1-2H3,(H,16,20). The van der Waals surface area contributed by atoms with Gasteiger partial charge >= 0.3 is 0 Å². The molecule has 110 valence electrons. The summed E-state index contributed by atoms with van der Waals surface area (Å²) >= 11 is 0. The summed E-state index contributed by atoms with van der Waals surface area (Å²) in [5.41, 5.74) is 0.561. The fraction of sp³-hybridized carbons (Fsp3) is 0.267. The zero-order chi connectivity index (χ0) is 15.2. The summed E-state index contributed by atoms with van der Waals surface area (Å²) < 4.78 is 6.37. The lowest BCUT2D eigenvalue weighted by Gasteiger charge is -2.14. The van der Waals surface area contributed by atoms with Crippen molar-refractivity contribution < 1.29 is 9.53 Å². The molecule has 0 spiro atoms. The predicted octanol–water partition coefficient (Wildman–Crippen LogP) is 1.13. The molecule has 2 aromatic rings. The lowest BCUT2D eigenvalue weighted by molar-refractivity contribution is -0.124. The van der Waals surface area contributed by atoms with Gasteiger partial charge in [-0.05, 0) is 19.1 Å². The first-order valence-corrected chi connectivity index (χ1v) is 6.57. The topological polar surface area (TPSA) is 73.2 Å². The van der Waals surface area contributed by atoms with Crippen LogP contribution >= 0.6 is 0 Å². The van der Waals surface area contributed by atoms with Gasteiger partial charge in [0.15, 0.2) is 0 Å². The lowest BCUT2D eigenvalue weighted by Crippen LogP contribution is -2.36. The highest BCUT2D eigenvalue weighted by Crippen LogP contribution is 2.16. The summed E-state index contributed by atoms with van der Waals surface area (Å²) in [5, 5.41) is 6.69. The Bertz CT molecular complexity index is 682. The number of nitrogens with zero attached hydrogens (tertiary/aromatic N) is 2. The number of carbonyl (C=O) groups is 1. The van der Waals surface area contributed by atoms with E-state index in [1.165, 1.54) is 18.3 Å². The van der Waals surface area contributed by atoms with Crippen LogP contribution in [-0.4, -0.2) is 22.8 Å². The van der Waals surface area contributed by atoms with Crippen molar-refractivity contribution in [2.75, 3.05) is 7.11 Å². The fourth-order valence-corrected chi connectivity index (χ4v) is 1.95. The van der Waals surface area contributed by atoms with Crippen LogP contribution in [0.25, 0.3) is 0 Å². The van der Waals surface area contributed by atoms with Gasteiger partial charge in [0.25, 0.3) is 5.56 Å². The molecule has 0 radical (unpaired) electrons. The van der Waals surface area contributed by atoms with Crippen molar-refractivity contribution in [1.29, 1.82) is 0 Å². The molecule has 1 amide bonds. The zero-order valence-electron chi connectivity index (χ0n) is 11.9. The molecule has 0 saturated heterocycles. The Morgan fingerprint density at radius 2 is 2.10 bits per heavy atom. The van der Waals surface area contributed by atoms with E-state index in [2.05, 4.69) is 10.4 Å². The molecule has 0 aliphatic carbocycles. The molecule has 2 rings (SSSR count). The van der Waals surface area contributed by atoms with Crippen LogP contribution < -0.4 is 15.6 Å². The molecule has 1 heterocycles. The maximum absolute atomic E-state index is 12.1. The smallest absolute Gasteiger partial charge is 0.267 e. The van der Waals surface area contributed by atoms with Crippen LogP contribution in [-0.2, 0) is 11.3 Å². The quantitative estimate of drug-likeness (QED) is 0.894. The Balaban J connectivity index is 2.05. The van der Waals surface area contributed by atoms with Crippen LogP contribution in [0.3, 0.4) is 0 Å². The van der Waals surface area contributed by atoms with Crippen LogP contribution in [0.5, 0.6) is 5.75 Å².